The number of nitro benzene ring substituents is 2. The quantitative estimate of drug-likeness (QED) is 0.559. The van der Waals surface area contributed by atoms with Gasteiger partial charge in [0.25, 0.3) is 17.3 Å². The van der Waals surface area contributed by atoms with Crippen molar-refractivity contribution in [2.45, 2.75) is 32.0 Å². The van der Waals surface area contributed by atoms with E-state index in [1.807, 2.05) is 0 Å². The maximum atomic E-state index is 11.9. The van der Waals surface area contributed by atoms with Crippen molar-refractivity contribution >= 4 is 23.0 Å². The molecule has 1 aromatic rings. The number of hydrogen-bond donors (Lipinski definition) is 2. The van der Waals surface area contributed by atoms with Gasteiger partial charge in [-0.1, -0.05) is 6.92 Å². The average molecular weight is 352 g/mol. The lowest BCUT2D eigenvalue weighted by molar-refractivity contribution is -0.394. The Morgan fingerprint density at radius 2 is 1.84 bits per heavy atom. The number of aliphatic hydroxyl groups excluding tert-OH is 2. The van der Waals surface area contributed by atoms with Crippen molar-refractivity contribution < 1.29 is 24.9 Å². The van der Waals surface area contributed by atoms with Gasteiger partial charge < -0.3 is 10.2 Å². The molecule has 11 nitrogen and oxygen atoms in total. The van der Waals surface area contributed by atoms with E-state index in [1.54, 1.807) is 6.92 Å². The van der Waals surface area contributed by atoms with Crippen LogP contribution in [0, 0.1) is 20.2 Å². The first kappa shape index (κ1) is 18.4. The molecule has 134 valence electrons. The Morgan fingerprint density at radius 1 is 1.28 bits per heavy atom. The molecular formula is C14H16N4O7. The van der Waals surface area contributed by atoms with Gasteiger partial charge in [0.05, 0.1) is 34.3 Å². The molecule has 0 fully saturated rings. The van der Waals surface area contributed by atoms with Crippen LogP contribution in [0.15, 0.2) is 23.3 Å². The van der Waals surface area contributed by atoms with Crippen LogP contribution in [0.4, 0.5) is 11.4 Å². The Hall–Kier alpha value is -2.92. The minimum Gasteiger partial charge on any atom is -0.391 e. The first-order valence-corrected chi connectivity index (χ1v) is 7.42. The van der Waals surface area contributed by atoms with Crippen molar-refractivity contribution in [1.82, 2.24) is 5.01 Å². The average Bonchev–Trinajstić information content (AvgIpc) is 2.57. The van der Waals surface area contributed by atoms with Crippen molar-refractivity contribution in [1.29, 1.82) is 0 Å². The number of nitro groups is 2. The maximum Gasteiger partial charge on any atom is 0.276 e. The zero-order valence-electron chi connectivity index (χ0n) is 13.2. The smallest absolute Gasteiger partial charge is 0.276 e. The minimum absolute atomic E-state index is 0.0587. The number of benzene rings is 1. The Morgan fingerprint density at radius 3 is 2.32 bits per heavy atom. The Balaban J connectivity index is 2.47. The fourth-order valence-electron chi connectivity index (χ4n) is 2.29. The monoisotopic (exact) mass is 352 g/mol. The van der Waals surface area contributed by atoms with Gasteiger partial charge in [0, 0.05) is 24.1 Å². The van der Waals surface area contributed by atoms with Crippen LogP contribution in [-0.4, -0.2) is 55.4 Å². The van der Waals surface area contributed by atoms with Gasteiger partial charge in [0.2, 0.25) is 0 Å². The summed E-state index contributed by atoms with van der Waals surface area (Å²) in [6.45, 7) is 1.54. The molecule has 0 radical (unpaired) electrons. The molecule has 2 rings (SSSR count). The van der Waals surface area contributed by atoms with Crippen molar-refractivity contribution in [3.05, 3.63) is 44.0 Å². The number of aliphatic hydroxyl groups is 2. The summed E-state index contributed by atoms with van der Waals surface area (Å²) >= 11 is 0. The standard InChI is InChI=1S/C14H16N4O7/c1-2-11(19)7-16-14(21)13(20)6-12(15-16)8-3-9(17(22)23)5-10(4-8)18(24)25/h3-5,11,13,19-20H,2,6-7H2,1H3. The van der Waals surface area contributed by atoms with E-state index in [-0.39, 0.29) is 24.2 Å². The van der Waals surface area contributed by atoms with Crippen LogP contribution in [0.2, 0.25) is 0 Å². The second kappa shape index (κ2) is 7.32. The number of hydrogen-bond acceptors (Lipinski definition) is 8. The molecule has 1 aromatic carbocycles. The molecule has 1 aliphatic heterocycles. The van der Waals surface area contributed by atoms with E-state index in [1.165, 1.54) is 0 Å². The highest BCUT2D eigenvalue weighted by atomic mass is 16.6. The first-order valence-electron chi connectivity index (χ1n) is 7.42. The van der Waals surface area contributed by atoms with Gasteiger partial charge in [-0.25, -0.2) is 5.01 Å². The van der Waals surface area contributed by atoms with Crippen molar-refractivity contribution in [3.63, 3.8) is 0 Å². The molecule has 25 heavy (non-hydrogen) atoms. The third-order valence-corrected chi connectivity index (χ3v) is 3.68. The van der Waals surface area contributed by atoms with Crippen LogP contribution in [-0.2, 0) is 4.79 Å². The molecule has 1 aliphatic rings. The Bertz CT molecular complexity index is 716. The maximum absolute atomic E-state index is 11.9. The Kier molecular flexibility index (Phi) is 5.39. The van der Waals surface area contributed by atoms with Gasteiger partial charge in [-0.3, -0.25) is 25.0 Å². The number of carbonyl (C=O) groups is 1. The van der Waals surface area contributed by atoms with Gasteiger partial charge in [0.15, 0.2) is 0 Å². The third kappa shape index (κ3) is 4.14. The third-order valence-electron chi connectivity index (χ3n) is 3.68. The highest BCUT2D eigenvalue weighted by molar-refractivity contribution is 6.06. The normalized spacial score (nSPS) is 18.7. The molecule has 1 amide bonds. The number of non-ortho nitro benzene ring substituents is 2. The Labute approximate surface area is 141 Å². The zero-order chi connectivity index (χ0) is 18.7. The lowest BCUT2D eigenvalue weighted by Gasteiger charge is -2.28. The zero-order valence-corrected chi connectivity index (χ0v) is 13.2. The van der Waals surface area contributed by atoms with Crippen LogP contribution < -0.4 is 0 Å². The summed E-state index contributed by atoms with van der Waals surface area (Å²) in [7, 11) is 0. The minimum atomic E-state index is -1.45. The summed E-state index contributed by atoms with van der Waals surface area (Å²) in [5.74, 6) is -0.712. The number of rotatable bonds is 6. The summed E-state index contributed by atoms with van der Waals surface area (Å²) in [4.78, 5) is 32.3. The lowest BCUT2D eigenvalue weighted by Crippen LogP contribution is -2.45. The van der Waals surface area contributed by atoms with Gasteiger partial charge >= 0.3 is 0 Å². The van der Waals surface area contributed by atoms with Crippen molar-refractivity contribution in [3.8, 4) is 0 Å². The van der Waals surface area contributed by atoms with Crippen LogP contribution >= 0.6 is 0 Å². The summed E-state index contributed by atoms with van der Waals surface area (Å²) in [5.41, 5.74) is -0.859. The second-order valence-electron chi connectivity index (χ2n) is 5.50. The number of nitrogens with zero attached hydrogens (tertiary/aromatic N) is 4. The predicted octanol–water partition coefficient (Wildman–Crippen LogP) is 0.571. The fraction of sp³-hybridized carbons (Fsp3) is 0.429. The van der Waals surface area contributed by atoms with E-state index in [4.69, 9.17) is 0 Å². The highest BCUT2D eigenvalue weighted by Crippen LogP contribution is 2.26. The highest BCUT2D eigenvalue weighted by Gasteiger charge is 2.32. The van der Waals surface area contributed by atoms with Crippen LogP contribution in [0.25, 0.3) is 0 Å². The van der Waals surface area contributed by atoms with E-state index in [0.29, 0.717) is 6.42 Å². The molecule has 0 saturated heterocycles. The first-order chi connectivity index (χ1) is 11.7. The molecule has 0 saturated carbocycles. The molecule has 11 heteroatoms. The molecule has 0 bridgehead atoms. The van der Waals surface area contributed by atoms with E-state index in [9.17, 15) is 35.2 Å². The van der Waals surface area contributed by atoms with Gasteiger partial charge in [-0.15, -0.1) is 0 Å². The van der Waals surface area contributed by atoms with Crippen LogP contribution in [0.5, 0.6) is 0 Å². The van der Waals surface area contributed by atoms with Gasteiger partial charge in [-0.05, 0) is 6.42 Å². The molecule has 2 N–H and O–H groups in total. The number of hydrazone groups is 1. The molecule has 2 unspecified atom stereocenters. The van der Waals surface area contributed by atoms with Crippen molar-refractivity contribution in [2.75, 3.05) is 6.54 Å². The van der Waals surface area contributed by atoms with Crippen molar-refractivity contribution in [2.24, 2.45) is 5.10 Å². The summed E-state index contributed by atoms with van der Waals surface area (Å²) in [5, 5.41) is 46.4. The van der Waals surface area contributed by atoms with Gasteiger partial charge in [0.1, 0.15) is 6.10 Å². The summed E-state index contributed by atoms with van der Waals surface area (Å²) in [6.07, 6.45) is -2.20. The molecule has 0 aromatic heterocycles. The van der Waals surface area contributed by atoms with Crippen LogP contribution in [0.3, 0.4) is 0 Å². The van der Waals surface area contributed by atoms with Crippen LogP contribution in [0.1, 0.15) is 25.3 Å². The number of amides is 1. The lowest BCUT2D eigenvalue weighted by atomic mass is 10.0. The fourth-order valence-corrected chi connectivity index (χ4v) is 2.29. The number of carbonyl (C=O) groups excluding carboxylic acids is 1. The molecule has 0 spiro atoms. The van der Waals surface area contributed by atoms with E-state index >= 15 is 0 Å². The second-order valence-corrected chi connectivity index (χ2v) is 5.50. The van der Waals surface area contributed by atoms with Gasteiger partial charge in [-0.2, -0.15) is 5.10 Å². The molecule has 0 aliphatic carbocycles. The SMILES string of the molecule is CCC(O)CN1N=C(c2cc([N+](=O)[O-])cc([N+](=O)[O-])c2)CC(O)C1=O. The molecular weight excluding hydrogens is 336 g/mol. The molecule has 2 atom stereocenters. The van der Waals surface area contributed by atoms with E-state index < -0.39 is 39.3 Å². The predicted molar refractivity (Wildman–Crippen MR) is 84.9 cm³/mol. The topological polar surface area (TPSA) is 159 Å². The number of β-amino-alcohol motifs (C(OH)–C–C–N with tert-alkyl or cyclic N) is 1. The summed E-state index contributed by atoms with van der Waals surface area (Å²) < 4.78 is 0. The largest absolute Gasteiger partial charge is 0.391 e. The van der Waals surface area contributed by atoms with E-state index in [2.05, 4.69) is 5.10 Å². The molecule has 1 heterocycles. The summed E-state index contributed by atoms with van der Waals surface area (Å²) in [6, 6.07) is 2.98. The van der Waals surface area contributed by atoms with E-state index in [0.717, 1.165) is 23.2 Å².